The van der Waals surface area contributed by atoms with Gasteiger partial charge < -0.3 is 21.9 Å². The normalized spacial score (nSPS) is 14.4. The van der Waals surface area contributed by atoms with Gasteiger partial charge in [-0.05, 0) is 31.7 Å². The molecule has 0 spiro atoms. The molecule has 0 aromatic heterocycles. The monoisotopic (exact) mass is 245 g/mol. The van der Waals surface area contributed by atoms with E-state index in [1.165, 1.54) is 0 Å². The topological polar surface area (TPSA) is 118 Å². The number of carboxylic acids is 1. The molecule has 0 saturated heterocycles. The Kier molecular flexibility index (Phi) is 7.49. The fourth-order valence-electron chi connectivity index (χ4n) is 1.47. The number of rotatable bonds is 8. The van der Waals surface area contributed by atoms with Crippen molar-refractivity contribution in [3.05, 3.63) is 0 Å². The van der Waals surface area contributed by atoms with Gasteiger partial charge in [0.25, 0.3) is 0 Å². The molecular weight excluding hydrogens is 222 g/mol. The van der Waals surface area contributed by atoms with Crippen LogP contribution in [-0.2, 0) is 9.59 Å². The first-order valence-electron chi connectivity index (χ1n) is 5.87. The van der Waals surface area contributed by atoms with Gasteiger partial charge in [-0.1, -0.05) is 13.8 Å². The molecule has 0 unspecified atom stereocenters. The molecule has 0 aliphatic carbocycles. The standard InChI is InChI=1S/C11H23N3O3/c1-7(2)6-8(13)10(15)14-9(11(16)17)4-3-5-12/h7-9H,3-6,12-13H2,1-2H3,(H,14,15)(H,16,17)/t8-,9-/m1/s1. The molecule has 0 aliphatic heterocycles. The van der Waals surface area contributed by atoms with Crippen molar-refractivity contribution in [3.63, 3.8) is 0 Å². The van der Waals surface area contributed by atoms with E-state index in [9.17, 15) is 9.59 Å². The zero-order valence-electron chi connectivity index (χ0n) is 10.5. The number of hydrogen-bond donors (Lipinski definition) is 4. The molecule has 0 radical (unpaired) electrons. The summed E-state index contributed by atoms with van der Waals surface area (Å²) < 4.78 is 0. The average molecular weight is 245 g/mol. The number of carboxylic acid groups (broad SMARTS) is 1. The van der Waals surface area contributed by atoms with Crippen LogP contribution in [0.3, 0.4) is 0 Å². The van der Waals surface area contributed by atoms with Crippen molar-refractivity contribution in [1.29, 1.82) is 0 Å². The molecule has 6 heteroatoms. The van der Waals surface area contributed by atoms with Crippen molar-refractivity contribution in [3.8, 4) is 0 Å². The van der Waals surface area contributed by atoms with Gasteiger partial charge in [0.1, 0.15) is 6.04 Å². The van der Waals surface area contributed by atoms with E-state index in [0.29, 0.717) is 31.7 Å². The number of aliphatic carboxylic acids is 1. The SMILES string of the molecule is CC(C)C[C@@H](N)C(=O)N[C@H](CCCN)C(=O)O. The average Bonchev–Trinajstić information content (AvgIpc) is 2.22. The second kappa shape index (κ2) is 8.03. The van der Waals surface area contributed by atoms with Gasteiger partial charge in [-0.3, -0.25) is 4.79 Å². The fourth-order valence-corrected chi connectivity index (χ4v) is 1.47. The molecule has 6 N–H and O–H groups in total. The summed E-state index contributed by atoms with van der Waals surface area (Å²) in [4.78, 5) is 22.5. The van der Waals surface area contributed by atoms with E-state index in [-0.39, 0.29) is 0 Å². The lowest BCUT2D eigenvalue weighted by Crippen LogP contribution is -2.48. The fraction of sp³-hybridized carbons (Fsp3) is 0.818. The van der Waals surface area contributed by atoms with Gasteiger partial charge in [-0.25, -0.2) is 4.79 Å². The lowest BCUT2D eigenvalue weighted by atomic mass is 10.0. The highest BCUT2D eigenvalue weighted by atomic mass is 16.4. The van der Waals surface area contributed by atoms with Gasteiger partial charge in [0.15, 0.2) is 0 Å². The molecule has 0 heterocycles. The minimum Gasteiger partial charge on any atom is -0.480 e. The summed E-state index contributed by atoms with van der Waals surface area (Å²) >= 11 is 0. The highest BCUT2D eigenvalue weighted by molar-refractivity contribution is 5.86. The first-order chi connectivity index (χ1) is 7.88. The highest BCUT2D eigenvalue weighted by Gasteiger charge is 2.22. The third-order valence-corrected chi connectivity index (χ3v) is 2.37. The minimum absolute atomic E-state index is 0.295. The van der Waals surface area contributed by atoms with Crippen LogP contribution in [0.1, 0.15) is 33.1 Å². The molecule has 0 saturated carbocycles. The van der Waals surface area contributed by atoms with Crippen LogP contribution in [0.5, 0.6) is 0 Å². The smallest absolute Gasteiger partial charge is 0.326 e. The maximum Gasteiger partial charge on any atom is 0.326 e. The minimum atomic E-state index is -1.05. The van der Waals surface area contributed by atoms with E-state index >= 15 is 0 Å². The third kappa shape index (κ3) is 6.91. The Morgan fingerprint density at radius 3 is 2.35 bits per heavy atom. The third-order valence-electron chi connectivity index (χ3n) is 2.37. The van der Waals surface area contributed by atoms with E-state index in [0.717, 1.165) is 0 Å². The Morgan fingerprint density at radius 2 is 1.94 bits per heavy atom. The van der Waals surface area contributed by atoms with Gasteiger partial charge in [0, 0.05) is 0 Å². The molecule has 1 amide bonds. The Bertz CT molecular complexity index is 256. The summed E-state index contributed by atoms with van der Waals surface area (Å²) in [5, 5.41) is 11.4. The van der Waals surface area contributed by atoms with Crippen molar-refractivity contribution in [2.24, 2.45) is 17.4 Å². The molecule has 0 rings (SSSR count). The Morgan fingerprint density at radius 1 is 1.35 bits per heavy atom. The van der Waals surface area contributed by atoms with Crippen molar-refractivity contribution in [1.82, 2.24) is 5.32 Å². The molecule has 100 valence electrons. The van der Waals surface area contributed by atoms with Crippen molar-refractivity contribution >= 4 is 11.9 Å². The summed E-state index contributed by atoms with van der Waals surface area (Å²) in [6.07, 6.45) is 1.41. The van der Waals surface area contributed by atoms with Crippen LogP contribution in [0.25, 0.3) is 0 Å². The molecule has 2 atom stereocenters. The Balaban J connectivity index is 4.24. The quantitative estimate of drug-likeness (QED) is 0.467. The van der Waals surface area contributed by atoms with Crippen molar-refractivity contribution < 1.29 is 14.7 Å². The van der Waals surface area contributed by atoms with E-state index < -0.39 is 24.0 Å². The van der Waals surface area contributed by atoms with Gasteiger partial charge in [0.2, 0.25) is 5.91 Å². The zero-order valence-corrected chi connectivity index (χ0v) is 10.5. The highest BCUT2D eigenvalue weighted by Crippen LogP contribution is 2.04. The molecule has 0 aliphatic rings. The van der Waals surface area contributed by atoms with E-state index in [1.54, 1.807) is 0 Å². The lowest BCUT2D eigenvalue weighted by molar-refractivity contribution is -0.142. The number of amides is 1. The summed E-state index contributed by atoms with van der Waals surface area (Å²) in [5.74, 6) is -1.17. The van der Waals surface area contributed by atoms with Crippen molar-refractivity contribution in [2.45, 2.75) is 45.2 Å². The molecule has 0 aromatic carbocycles. The van der Waals surface area contributed by atoms with E-state index in [1.807, 2.05) is 13.8 Å². The summed E-state index contributed by atoms with van der Waals surface area (Å²) in [6.45, 7) is 4.31. The summed E-state index contributed by atoms with van der Waals surface area (Å²) in [7, 11) is 0. The van der Waals surface area contributed by atoms with Gasteiger partial charge in [0.05, 0.1) is 6.04 Å². The van der Waals surface area contributed by atoms with E-state index in [2.05, 4.69) is 5.32 Å². The predicted octanol–water partition coefficient (Wildman–Crippen LogP) is -0.332. The molecular formula is C11H23N3O3. The lowest BCUT2D eigenvalue weighted by Gasteiger charge is -2.18. The van der Waals surface area contributed by atoms with Crippen LogP contribution >= 0.6 is 0 Å². The molecule has 0 fully saturated rings. The predicted molar refractivity (Wildman–Crippen MR) is 65.3 cm³/mol. The molecule has 0 bridgehead atoms. The molecule has 6 nitrogen and oxygen atoms in total. The van der Waals surface area contributed by atoms with E-state index in [4.69, 9.17) is 16.6 Å². The molecule has 17 heavy (non-hydrogen) atoms. The maximum atomic E-state index is 11.6. The summed E-state index contributed by atoms with van der Waals surface area (Å²) in [5.41, 5.74) is 11.0. The van der Waals surface area contributed by atoms with Gasteiger partial charge >= 0.3 is 5.97 Å². The Hall–Kier alpha value is -1.14. The Labute approximate surface area is 102 Å². The van der Waals surface area contributed by atoms with Crippen LogP contribution in [0.4, 0.5) is 0 Å². The van der Waals surface area contributed by atoms with Crippen LogP contribution < -0.4 is 16.8 Å². The largest absolute Gasteiger partial charge is 0.480 e. The number of carbonyl (C=O) groups excluding carboxylic acids is 1. The second-order valence-electron chi connectivity index (χ2n) is 4.57. The second-order valence-corrected chi connectivity index (χ2v) is 4.57. The van der Waals surface area contributed by atoms with Crippen LogP contribution in [-0.4, -0.2) is 35.6 Å². The maximum absolute atomic E-state index is 11.6. The zero-order chi connectivity index (χ0) is 13.4. The number of nitrogens with two attached hydrogens (primary N) is 2. The first kappa shape index (κ1) is 15.9. The van der Waals surface area contributed by atoms with Crippen LogP contribution in [0.15, 0.2) is 0 Å². The van der Waals surface area contributed by atoms with Crippen LogP contribution in [0.2, 0.25) is 0 Å². The van der Waals surface area contributed by atoms with Gasteiger partial charge in [-0.2, -0.15) is 0 Å². The summed E-state index contributed by atoms with van der Waals surface area (Å²) in [6, 6.07) is -1.56. The van der Waals surface area contributed by atoms with Crippen LogP contribution in [0, 0.1) is 5.92 Å². The number of carbonyl (C=O) groups is 2. The van der Waals surface area contributed by atoms with Gasteiger partial charge in [-0.15, -0.1) is 0 Å². The van der Waals surface area contributed by atoms with Crippen molar-refractivity contribution in [2.75, 3.05) is 6.54 Å². The number of hydrogen-bond acceptors (Lipinski definition) is 4. The molecule has 0 aromatic rings. The first-order valence-corrected chi connectivity index (χ1v) is 5.87. The number of nitrogens with one attached hydrogen (secondary N) is 1.